The summed E-state index contributed by atoms with van der Waals surface area (Å²) in [4.78, 5) is 16.2. The Morgan fingerprint density at radius 2 is 1.68 bits per heavy atom. The zero-order valence-electron chi connectivity index (χ0n) is 15.6. The van der Waals surface area contributed by atoms with E-state index in [-0.39, 0.29) is 35.9 Å². The Hall–Kier alpha value is -0.530. The van der Waals surface area contributed by atoms with Gasteiger partial charge in [-0.3, -0.25) is 9.79 Å². The Labute approximate surface area is 169 Å². The Balaban J connectivity index is 0.00000225. The van der Waals surface area contributed by atoms with Gasteiger partial charge in [-0.15, -0.1) is 24.0 Å². The first-order valence-corrected chi connectivity index (χ1v) is 9.85. The second-order valence-electron chi connectivity index (χ2n) is 7.74. The van der Waals surface area contributed by atoms with Crippen LogP contribution in [0, 0.1) is 23.7 Å². The standard InChI is InChI=1S/C19H33N3O2.HI/c1-3-24-18(23)15-8-10-16(11-9-15)22-19(20-2)21-12-17(13-4-5-13)14-6-7-14;/h13-17H,3-12H2,1-2H3,(H2,20,21,22);1H. The fourth-order valence-corrected chi connectivity index (χ4v) is 4.10. The number of carbonyl (C=O) groups excluding carboxylic acids is 1. The van der Waals surface area contributed by atoms with Crippen LogP contribution in [0.1, 0.15) is 58.3 Å². The number of carbonyl (C=O) groups is 1. The SMILES string of the molecule is CCOC(=O)C1CCC(NC(=NC)NCC(C2CC2)C2CC2)CC1.I. The van der Waals surface area contributed by atoms with Gasteiger partial charge in [0.2, 0.25) is 0 Å². The van der Waals surface area contributed by atoms with Crippen molar-refractivity contribution in [1.82, 2.24) is 10.6 Å². The Bertz CT molecular complexity index is 444. The predicted octanol–water partition coefficient (Wildman–Crippen LogP) is 3.33. The molecule has 3 aliphatic carbocycles. The molecule has 25 heavy (non-hydrogen) atoms. The maximum absolute atomic E-state index is 11.8. The third kappa shape index (κ3) is 6.29. The van der Waals surface area contributed by atoms with Crippen molar-refractivity contribution in [3.8, 4) is 0 Å². The molecule has 3 rings (SSSR count). The zero-order chi connectivity index (χ0) is 16.9. The average Bonchev–Trinajstić information content (AvgIpc) is 3.48. The third-order valence-corrected chi connectivity index (χ3v) is 5.87. The van der Waals surface area contributed by atoms with E-state index >= 15 is 0 Å². The van der Waals surface area contributed by atoms with Crippen LogP contribution in [0.2, 0.25) is 0 Å². The summed E-state index contributed by atoms with van der Waals surface area (Å²) in [7, 11) is 1.85. The van der Waals surface area contributed by atoms with Gasteiger partial charge in [0.15, 0.2) is 5.96 Å². The van der Waals surface area contributed by atoms with E-state index in [1.807, 2.05) is 14.0 Å². The second-order valence-corrected chi connectivity index (χ2v) is 7.74. The van der Waals surface area contributed by atoms with Crippen LogP contribution < -0.4 is 10.6 Å². The molecule has 3 fully saturated rings. The molecule has 144 valence electrons. The lowest BCUT2D eigenvalue weighted by molar-refractivity contribution is -0.149. The summed E-state index contributed by atoms with van der Waals surface area (Å²) in [6, 6.07) is 0.419. The van der Waals surface area contributed by atoms with Crippen molar-refractivity contribution in [3.63, 3.8) is 0 Å². The van der Waals surface area contributed by atoms with Crippen molar-refractivity contribution < 1.29 is 9.53 Å². The second kappa shape index (κ2) is 9.97. The Kier molecular flexibility index (Phi) is 8.29. The molecular weight excluding hydrogens is 429 g/mol. The van der Waals surface area contributed by atoms with E-state index in [4.69, 9.17) is 4.74 Å². The minimum atomic E-state index is -0.0184. The van der Waals surface area contributed by atoms with Gasteiger partial charge in [-0.25, -0.2) is 0 Å². The van der Waals surface area contributed by atoms with E-state index in [2.05, 4.69) is 15.6 Å². The molecule has 6 heteroatoms. The highest BCUT2D eigenvalue weighted by Gasteiger charge is 2.41. The molecule has 3 aliphatic rings. The molecule has 0 bridgehead atoms. The number of hydrogen-bond acceptors (Lipinski definition) is 3. The molecule has 0 aromatic carbocycles. The first kappa shape index (κ1) is 20.8. The molecular formula is C19H34IN3O2. The molecule has 0 atom stereocenters. The lowest BCUT2D eigenvalue weighted by Gasteiger charge is -2.29. The maximum Gasteiger partial charge on any atom is 0.308 e. The normalized spacial score (nSPS) is 26.8. The van der Waals surface area contributed by atoms with E-state index in [1.54, 1.807) is 0 Å². The van der Waals surface area contributed by atoms with E-state index in [0.29, 0.717) is 12.6 Å². The average molecular weight is 463 g/mol. The van der Waals surface area contributed by atoms with Gasteiger partial charge < -0.3 is 15.4 Å². The Morgan fingerprint density at radius 3 is 2.16 bits per heavy atom. The van der Waals surface area contributed by atoms with E-state index in [0.717, 1.165) is 55.9 Å². The molecule has 3 saturated carbocycles. The number of hydrogen-bond donors (Lipinski definition) is 2. The predicted molar refractivity (Wildman–Crippen MR) is 111 cm³/mol. The molecule has 0 spiro atoms. The number of halogens is 1. The summed E-state index contributed by atoms with van der Waals surface area (Å²) in [6.45, 7) is 3.42. The van der Waals surface area contributed by atoms with Gasteiger partial charge in [0.1, 0.15) is 0 Å². The minimum Gasteiger partial charge on any atom is -0.466 e. The van der Waals surface area contributed by atoms with E-state index in [1.165, 1.54) is 25.7 Å². The molecule has 0 unspecified atom stereocenters. The monoisotopic (exact) mass is 463 g/mol. The van der Waals surface area contributed by atoms with E-state index < -0.39 is 0 Å². The van der Waals surface area contributed by atoms with Gasteiger partial charge in [0, 0.05) is 19.6 Å². The summed E-state index contributed by atoms with van der Waals surface area (Å²) in [5.41, 5.74) is 0. The summed E-state index contributed by atoms with van der Waals surface area (Å²) in [5, 5.41) is 7.12. The fourth-order valence-electron chi connectivity index (χ4n) is 4.10. The lowest BCUT2D eigenvalue weighted by Crippen LogP contribution is -2.46. The van der Waals surface area contributed by atoms with Crippen LogP contribution in [0.4, 0.5) is 0 Å². The van der Waals surface area contributed by atoms with Gasteiger partial charge in [0.25, 0.3) is 0 Å². The smallest absolute Gasteiger partial charge is 0.308 e. The third-order valence-electron chi connectivity index (χ3n) is 5.87. The summed E-state index contributed by atoms with van der Waals surface area (Å²) < 4.78 is 5.14. The molecule has 0 heterocycles. The molecule has 0 radical (unpaired) electrons. The van der Waals surface area contributed by atoms with Gasteiger partial charge in [0.05, 0.1) is 12.5 Å². The first-order chi connectivity index (χ1) is 11.7. The number of esters is 1. The number of nitrogens with one attached hydrogen (secondary N) is 2. The largest absolute Gasteiger partial charge is 0.466 e. The number of nitrogens with zero attached hydrogens (tertiary/aromatic N) is 1. The molecule has 0 aliphatic heterocycles. The molecule has 5 nitrogen and oxygen atoms in total. The van der Waals surface area contributed by atoms with Crippen molar-refractivity contribution in [1.29, 1.82) is 0 Å². The molecule has 0 aromatic rings. The quantitative estimate of drug-likeness (QED) is 0.263. The minimum absolute atomic E-state index is 0. The lowest BCUT2D eigenvalue weighted by atomic mass is 9.86. The van der Waals surface area contributed by atoms with Crippen molar-refractivity contribution in [2.75, 3.05) is 20.2 Å². The van der Waals surface area contributed by atoms with Crippen LogP contribution in [0.5, 0.6) is 0 Å². The molecule has 0 amide bonds. The van der Waals surface area contributed by atoms with Crippen LogP contribution in [-0.4, -0.2) is 38.2 Å². The van der Waals surface area contributed by atoms with Gasteiger partial charge in [-0.05, 0) is 76.0 Å². The van der Waals surface area contributed by atoms with Crippen molar-refractivity contribution in [3.05, 3.63) is 0 Å². The number of guanidine groups is 1. The Morgan fingerprint density at radius 1 is 1.08 bits per heavy atom. The van der Waals surface area contributed by atoms with Gasteiger partial charge in [-0.2, -0.15) is 0 Å². The zero-order valence-corrected chi connectivity index (χ0v) is 18.0. The summed E-state index contributed by atoms with van der Waals surface area (Å²) in [6.07, 6.45) is 9.55. The number of ether oxygens (including phenoxy) is 1. The number of rotatable bonds is 7. The highest BCUT2D eigenvalue weighted by molar-refractivity contribution is 14.0. The molecule has 0 saturated heterocycles. The van der Waals surface area contributed by atoms with Crippen LogP contribution in [0.25, 0.3) is 0 Å². The maximum atomic E-state index is 11.8. The van der Waals surface area contributed by atoms with Crippen LogP contribution >= 0.6 is 24.0 Å². The summed E-state index contributed by atoms with van der Waals surface area (Å²) >= 11 is 0. The number of aliphatic imine (C=N–C) groups is 1. The first-order valence-electron chi connectivity index (χ1n) is 9.85. The van der Waals surface area contributed by atoms with Crippen LogP contribution in [-0.2, 0) is 9.53 Å². The fraction of sp³-hybridized carbons (Fsp3) is 0.895. The van der Waals surface area contributed by atoms with Crippen molar-refractivity contribution in [2.45, 2.75) is 64.3 Å². The van der Waals surface area contributed by atoms with Crippen LogP contribution in [0.3, 0.4) is 0 Å². The van der Waals surface area contributed by atoms with Crippen LogP contribution in [0.15, 0.2) is 4.99 Å². The molecule has 2 N–H and O–H groups in total. The highest BCUT2D eigenvalue weighted by Crippen LogP contribution is 2.48. The highest BCUT2D eigenvalue weighted by atomic mass is 127. The van der Waals surface area contributed by atoms with Crippen molar-refractivity contribution >= 4 is 35.9 Å². The van der Waals surface area contributed by atoms with Gasteiger partial charge >= 0.3 is 5.97 Å². The summed E-state index contributed by atoms with van der Waals surface area (Å²) in [5.74, 6) is 3.78. The van der Waals surface area contributed by atoms with E-state index in [9.17, 15) is 4.79 Å². The van der Waals surface area contributed by atoms with Crippen molar-refractivity contribution in [2.24, 2.45) is 28.7 Å². The molecule has 0 aromatic heterocycles. The van der Waals surface area contributed by atoms with Gasteiger partial charge in [-0.1, -0.05) is 0 Å². The topological polar surface area (TPSA) is 62.7 Å².